The summed E-state index contributed by atoms with van der Waals surface area (Å²) in [5.74, 6) is -0.765. The molecule has 0 aromatic heterocycles. The number of benzene rings is 1. The van der Waals surface area contributed by atoms with E-state index in [0.717, 1.165) is 6.07 Å². The maximum Gasteiger partial charge on any atom is 0.243 e. The van der Waals surface area contributed by atoms with Crippen LogP contribution >= 0.6 is 15.9 Å². The Morgan fingerprint density at radius 2 is 2.05 bits per heavy atom. The highest BCUT2D eigenvalue weighted by Crippen LogP contribution is 2.19. The largest absolute Gasteiger partial charge is 0.303 e. The molecule has 0 saturated heterocycles. The third-order valence-corrected chi connectivity index (χ3v) is 4.81. The van der Waals surface area contributed by atoms with Gasteiger partial charge >= 0.3 is 0 Å². The van der Waals surface area contributed by atoms with Crippen LogP contribution in [0, 0.1) is 5.82 Å². The monoisotopic (exact) mass is 352 g/mol. The zero-order valence-electron chi connectivity index (χ0n) is 11.2. The van der Waals surface area contributed by atoms with Crippen LogP contribution in [0.3, 0.4) is 0 Å². The first-order valence-corrected chi connectivity index (χ1v) is 8.16. The zero-order valence-corrected chi connectivity index (χ0v) is 13.6. The Kier molecular flexibility index (Phi) is 5.91. The summed E-state index contributed by atoms with van der Waals surface area (Å²) in [6.07, 6.45) is 0. The molecular formula is C12H18BrFN2O2S. The first kappa shape index (κ1) is 16.6. The average Bonchev–Trinajstić information content (AvgIpc) is 2.27. The lowest BCUT2D eigenvalue weighted by atomic mass is 10.3. The lowest BCUT2D eigenvalue weighted by Gasteiger charge is -2.20. The maximum absolute atomic E-state index is 13.6. The van der Waals surface area contributed by atoms with E-state index in [9.17, 15) is 12.8 Å². The molecule has 0 aliphatic carbocycles. The number of nitrogens with zero attached hydrogens (tertiary/aromatic N) is 1. The summed E-state index contributed by atoms with van der Waals surface area (Å²) in [4.78, 5) is 1.67. The molecule has 0 fully saturated rings. The Bertz CT molecular complexity index is 535. The summed E-state index contributed by atoms with van der Waals surface area (Å²) in [6, 6.07) is 4.20. The second-order valence-electron chi connectivity index (χ2n) is 4.55. The van der Waals surface area contributed by atoms with E-state index in [4.69, 9.17) is 0 Å². The third-order valence-electron chi connectivity index (χ3n) is 2.82. The van der Waals surface area contributed by atoms with Crippen LogP contribution in [-0.4, -0.2) is 39.5 Å². The van der Waals surface area contributed by atoms with Gasteiger partial charge in [0, 0.05) is 23.6 Å². The van der Waals surface area contributed by atoms with Crippen LogP contribution in [0.2, 0.25) is 0 Å². The number of nitrogens with one attached hydrogen (secondary N) is 1. The van der Waals surface area contributed by atoms with Gasteiger partial charge in [0.15, 0.2) is 0 Å². The number of likely N-dealkylation sites (N-methyl/N-ethyl adjacent to an activating group) is 1. The highest BCUT2D eigenvalue weighted by Gasteiger charge is 2.18. The molecule has 0 saturated carbocycles. The summed E-state index contributed by atoms with van der Waals surface area (Å²) in [6.45, 7) is 4.84. The number of hydrogen-bond donors (Lipinski definition) is 1. The molecule has 0 aliphatic heterocycles. The summed E-state index contributed by atoms with van der Waals surface area (Å²) in [5, 5.41) is 0. The number of sulfonamides is 1. The molecule has 0 amide bonds. The van der Waals surface area contributed by atoms with Crippen molar-refractivity contribution >= 4 is 26.0 Å². The SMILES string of the molecule is CC(C)N(C)CCNS(=O)(=O)c1ccc(Br)cc1F. The van der Waals surface area contributed by atoms with E-state index in [2.05, 4.69) is 20.7 Å². The van der Waals surface area contributed by atoms with Crippen molar-refractivity contribution in [1.29, 1.82) is 0 Å². The van der Waals surface area contributed by atoms with Gasteiger partial charge < -0.3 is 4.90 Å². The molecule has 7 heteroatoms. The molecule has 0 unspecified atom stereocenters. The van der Waals surface area contributed by atoms with Crippen molar-refractivity contribution in [3.05, 3.63) is 28.5 Å². The van der Waals surface area contributed by atoms with E-state index >= 15 is 0 Å². The minimum atomic E-state index is -3.80. The Hall–Kier alpha value is -0.500. The molecule has 19 heavy (non-hydrogen) atoms. The van der Waals surface area contributed by atoms with Gasteiger partial charge in [-0.15, -0.1) is 0 Å². The van der Waals surface area contributed by atoms with Gasteiger partial charge in [0.2, 0.25) is 10.0 Å². The predicted molar refractivity (Wildman–Crippen MR) is 77.1 cm³/mol. The molecule has 1 aromatic carbocycles. The second kappa shape index (κ2) is 6.78. The normalized spacial score (nSPS) is 12.4. The molecule has 0 radical (unpaired) electrons. The van der Waals surface area contributed by atoms with E-state index in [1.807, 2.05) is 25.8 Å². The van der Waals surface area contributed by atoms with Crippen LogP contribution < -0.4 is 4.72 Å². The fourth-order valence-electron chi connectivity index (χ4n) is 1.39. The van der Waals surface area contributed by atoms with Gasteiger partial charge in [-0.2, -0.15) is 0 Å². The van der Waals surface area contributed by atoms with E-state index in [1.54, 1.807) is 0 Å². The van der Waals surface area contributed by atoms with Crippen molar-refractivity contribution in [2.45, 2.75) is 24.8 Å². The van der Waals surface area contributed by atoms with Gasteiger partial charge in [0.1, 0.15) is 10.7 Å². The fraction of sp³-hybridized carbons (Fsp3) is 0.500. The highest BCUT2D eigenvalue weighted by molar-refractivity contribution is 9.10. The Balaban J connectivity index is 2.71. The van der Waals surface area contributed by atoms with Crippen LogP contribution in [0.25, 0.3) is 0 Å². The Labute approximate surface area is 122 Å². The molecule has 4 nitrogen and oxygen atoms in total. The molecule has 1 rings (SSSR count). The van der Waals surface area contributed by atoms with Gasteiger partial charge in [0.05, 0.1) is 0 Å². The maximum atomic E-state index is 13.6. The van der Waals surface area contributed by atoms with Crippen molar-refractivity contribution in [1.82, 2.24) is 9.62 Å². The van der Waals surface area contributed by atoms with Gasteiger partial charge in [-0.1, -0.05) is 15.9 Å². The quantitative estimate of drug-likeness (QED) is 0.853. The Morgan fingerprint density at radius 3 is 2.58 bits per heavy atom. The van der Waals surface area contributed by atoms with E-state index in [0.29, 0.717) is 17.1 Å². The lowest BCUT2D eigenvalue weighted by molar-refractivity contribution is 0.278. The molecule has 1 aromatic rings. The van der Waals surface area contributed by atoms with Crippen LogP contribution in [0.5, 0.6) is 0 Å². The predicted octanol–water partition coefficient (Wildman–Crippen LogP) is 2.21. The number of rotatable bonds is 6. The topological polar surface area (TPSA) is 49.4 Å². The van der Waals surface area contributed by atoms with Crippen LogP contribution in [0.1, 0.15) is 13.8 Å². The summed E-state index contributed by atoms with van der Waals surface area (Å²) >= 11 is 3.09. The third kappa shape index (κ3) is 4.83. The first-order chi connectivity index (χ1) is 8.74. The van der Waals surface area contributed by atoms with Crippen molar-refractivity contribution in [2.75, 3.05) is 20.1 Å². The molecule has 1 N–H and O–H groups in total. The van der Waals surface area contributed by atoms with Crippen LogP contribution in [-0.2, 0) is 10.0 Å². The second-order valence-corrected chi connectivity index (χ2v) is 7.20. The van der Waals surface area contributed by atoms with Crippen molar-refractivity contribution in [3.8, 4) is 0 Å². The minimum Gasteiger partial charge on any atom is -0.303 e. The van der Waals surface area contributed by atoms with Gasteiger partial charge in [-0.25, -0.2) is 17.5 Å². The lowest BCUT2D eigenvalue weighted by Crippen LogP contribution is -2.36. The average molecular weight is 353 g/mol. The molecule has 0 heterocycles. The Morgan fingerprint density at radius 1 is 1.42 bits per heavy atom. The molecule has 0 atom stereocenters. The fourth-order valence-corrected chi connectivity index (χ4v) is 2.80. The standard InChI is InChI=1S/C12H18BrFN2O2S/c1-9(2)16(3)7-6-15-19(17,18)12-5-4-10(13)8-11(12)14/h4-5,8-9,15H,6-7H2,1-3H3. The van der Waals surface area contributed by atoms with E-state index in [1.165, 1.54) is 12.1 Å². The summed E-state index contributed by atoms with van der Waals surface area (Å²) < 4.78 is 40.4. The summed E-state index contributed by atoms with van der Waals surface area (Å²) in [5.41, 5.74) is 0. The molecule has 0 spiro atoms. The smallest absolute Gasteiger partial charge is 0.243 e. The first-order valence-electron chi connectivity index (χ1n) is 5.89. The van der Waals surface area contributed by atoms with E-state index < -0.39 is 15.8 Å². The molecule has 0 aliphatic rings. The molecular weight excluding hydrogens is 335 g/mol. The summed E-state index contributed by atoms with van der Waals surface area (Å²) in [7, 11) is -1.90. The minimum absolute atomic E-state index is 0.243. The number of halogens is 2. The van der Waals surface area contributed by atoms with Gasteiger partial charge in [-0.3, -0.25) is 0 Å². The van der Waals surface area contributed by atoms with Gasteiger partial charge in [-0.05, 0) is 39.1 Å². The van der Waals surface area contributed by atoms with Crippen molar-refractivity contribution < 1.29 is 12.8 Å². The molecule has 0 bridgehead atoms. The van der Waals surface area contributed by atoms with Crippen LogP contribution in [0.15, 0.2) is 27.6 Å². The van der Waals surface area contributed by atoms with E-state index in [-0.39, 0.29) is 11.4 Å². The van der Waals surface area contributed by atoms with Crippen LogP contribution in [0.4, 0.5) is 4.39 Å². The van der Waals surface area contributed by atoms with Gasteiger partial charge in [0.25, 0.3) is 0 Å². The van der Waals surface area contributed by atoms with Crippen molar-refractivity contribution in [2.24, 2.45) is 0 Å². The van der Waals surface area contributed by atoms with Crippen molar-refractivity contribution in [3.63, 3.8) is 0 Å². The molecule has 108 valence electrons. The highest BCUT2D eigenvalue weighted by atomic mass is 79.9. The number of hydrogen-bond acceptors (Lipinski definition) is 3. The zero-order chi connectivity index (χ0) is 14.6.